The van der Waals surface area contributed by atoms with Crippen molar-refractivity contribution in [2.75, 3.05) is 0 Å². The molecule has 5 nitrogen and oxygen atoms in total. The van der Waals surface area contributed by atoms with E-state index in [-0.39, 0.29) is 0 Å². The first-order valence-electron chi connectivity index (χ1n) is 4.01. The van der Waals surface area contributed by atoms with Crippen LogP contribution >= 0.6 is 0 Å². The molecule has 0 amide bonds. The molecule has 5 heteroatoms. The van der Waals surface area contributed by atoms with E-state index < -0.39 is 30.6 Å². The number of fused-ring (bicyclic) bond motifs is 1. The van der Waals surface area contributed by atoms with Gasteiger partial charge in [-0.15, -0.1) is 0 Å². The van der Waals surface area contributed by atoms with E-state index >= 15 is 0 Å². The van der Waals surface area contributed by atoms with Crippen molar-refractivity contribution in [2.45, 2.75) is 31.3 Å². The molecule has 0 aromatic rings. The van der Waals surface area contributed by atoms with Crippen molar-refractivity contribution >= 4 is 6.16 Å². The third kappa shape index (κ3) is 1.20. The summed E-state index contributed by atoms with van der Waals surface area (Å²) in [6.07, 6.45) is -2.62. The molecule has 0 aromatic carbocycles. The summed E-state index contributed by atoms with van der Waals surface area (Å²) < 4.78 is 9.43. The van der Waals surface area contributed by atoms with Crippen LogP contribution in [0.2, 0.25) is 0 Å². The van der Waals surface area contributed by atoms with Crippen LogP contribution < -0.4 is 0 Å². The van der Waals surface area contributed by atoms with E-state index in [1.165, 1.54) is 0 Å². The average Bonchev–Trinajstić information content (AvgIpc) is 2.42. The molecule has 0 radical (unpaired) electrons. The van der Waals surface area contributed by atoms with Crippen LogP contribution in [0, 0.1) is 0 Å². The summed E-state index contributed by atoms with van der Waals surface area (Å²) in [6, 6.07) is 0. The van der Waals surface area contributed by atoms with Crippen molar-refractivity contribution in [1.29, 1.82) is 0 Å². The highest BCUT2D eigenvalue weighted by atomic mass is 16.8. The highest BCUT2D eigenvalue weighted by Crippen LogP contribution is 2.28. The molecule has 1 aliphatic carbocycles. The summed E-state index contributed by atoms with van der Waals surface area (Å²) in [5.41, 5.74) is 0.590. The fourth-order valence-corrected chi connectivity index (χ4v) is 1.58. The molecule has 0 bridgehead atoms. The molecule has 0 aromatic heterocycles. The lowest BCUT2D eigenvalue weighted by Gasteiger charge is -2.28. The smallest absolute Gasteiger partial charge is 0.424 e. The predicted octanol–water partition coefficient (Wildman–Crippen LogP) is -0.428. The zero-order valence-electron chi connectivity index (χ0n) is 7.01. The number of carbonyl (C=O) groups excluding carboxylic acids is 1. The maximum atomic E-state index is 10.7. The molecule has 0 unspecified atom stereocenters. The second-order valence-corrected chi connectivity index (χ2v) is 3.26. The Hall–Kier alpha value is -1.07. The van der Waals surface area contributed by atoms with Gasteiger partial charge in [0.2, 0.25) is 0 Å². The fraction of sp³-hybridized carbons (Fsp3) is 0.625. The van der Waals surface area contributed by atoms with E-state index in [1.54, 1.807) is 13.0 Å². The van der Waals surface area contributed by atoms with Crippen LogP contribution in [-0.2, 0) is 9.47 Å². The van der Waals surface area contributed by atoms with Crippen LogP contribution in [0.15, 0.2) is 11.6 Å². The maximum Gasteiger partial charge on any atom is 0.509 e. The number of aliphatic hydroxyl groups excluding tert-OH is 2. The Labute approximate surface area is 74.6 Å². The average molecular weight is 186 g/mol. The van der Waals surface area contributed by atoms with Gasteiger partial charge in [0, 0.05) is 0 Å². The van der Waals surface area contributed by atoms with Gasteiger partial charge in [0.05, 0.1) is 0 Å². The molecule has 1 aliphatic heterocycles. The van der Waals surface area contributed by atoms with E-state index in [0.29, 0.717) is 5.57 Å². The molecule has 4 atom stereocenters. The monoisotopic (exact) mass is 186 g/mol. The van der Waals surface area contributed by atoms with Gasteiger partial charge < -0.3 is 19.7 Å². The van der Waals surface area contributed by atoms with E-state index in [2.05, 4.69) is 4.74 Å². The Kier molecular flexibility index (Phi) is 1.78. The second kappa shape index (κ2) is 2.71. The van der Waals surface area contributed by atoms with Gasteiger partial charge in [0.25, 0.3) is 0 Å². The van der Waals surface area contributed by atoms with Gasteiger partial charge >= 0.3 is 6.16 Å². The normalized spacial score (nSPS) is 43.3. The first kappa shape index (κ1) is 8.52. The molecule has 1 fully saturated rings. The van der Waals surface area contributed by atoms with Gasteiger partial charge in [-0.2, -0.15) is 0 Å². The molecule has 2 rings (SSSR count). The Balaban J connectivity index is 2.28. The van der Waals surface area contributed by atoms with Crippen molar-refractivity contribution in [2.24, 2.45) is 0 Å². The summed E-state index contributed by atoms with van der Waals surface area (Å²) in [4.78, 5) is 10.7. The van der Waals surface area contributed by atoms with Crippen molar-refractivity contribution in [3.05, 3.63) is 11.6 Å². The third-order valence-electron chi connectivity index (χ3n) is 2.34. The quantitative estimate of drug-likeness (QED) is 0.396. The third-order valence-corrected chi connectivity index (χ3v) is 2.34. The van der Waals surface area contributed by atoms with E-state index in [0.717, 1.165) is 0 Å². The van der Waals surface area contributed by atoms with Crippen LogP contribution in [0.25, 0.3) is 0 Å². The van der Waals surface area contributed by atoms with E-state index in [4.69, 9.17) is 4.74 Å². The van der Waals surface area contributed by atoms with Crippen molar-refractivity contribution in [3.8, 4) is 0 Å². The molecule has 13 heavy (non-hydrogen) atoms. The molecule has 1 saturated heterocycles. The molecule has 2 aliphatic rings. The maximum absolute atomic E-state index is 10.7. The minimum Gasteiger partial charge on any atom is -0.424 e. The van der Waals surface area contributed by atoms with E-state index in [9.17, 15) is 15.0 Å². The second-order valence-electron chi connectivity index (χ2n) is 3.26. The predicted molar refractivity (Wildman–Crippen MR) is 40.9 cm³/mol. The van der Waals surface area contributed by atoms with Gasteiger partial charge in [0.1, 0.15) is 12.2 Å². The molecular weight excluding hydrogens is 176 g/mol. The van der Waals surface area contributed by atoms with Crippen LogP contribution in [-0.4, -0.2) is 40.8 Å². The summed E-state index contributed by atoms with van der Waals surface area (Å²) in [5, 5.41) is 18.9. The topological polar surface area (TPSA) is 76.0 Å². The molecule has 1 heterocycles. The first-order valence-corrected chi connectivity index (χ1v) is 4.01. The number of ether oxygens (including phenoxy) is 2. The van der Waals surface area contributed by atoms with Crippen LogP contribution in [0.3, 0.4) is 0 Å². The molecule has 2 N–H and O–H groups in total. The number of aliphatic hydroxyl groups is 2. The SMILES string of the molecule is CC1=C[C@@H]2OC(=O)O[C@@H]2[C@@H](O)[C@@H]1O. The van der Waals surface area contributed by atoms with E-state index in [1.807, 2.05) is 0 Å². The lowest BCUT2D eigenvalue weighted by Crippen LogP contribution is -2.46. The van der Waals surface area contributed by atoms with Gasteiger partial charge in [-0.1, -0.05) is 0 Å². The largest absolute Gasteiger partial charge is 0.509 e. The van der Waals surface area contributed by atoms with Crippen LogP contribution in [0.5, 0.6) is 0 Å². The Morgan fingerprint density at radius 1 is 1.38 bits per heavy atom. The van der Waals surface area contributed by atoms with Crippen molar-refractivity contribution < 1.29 is 24.5 Å². The number of rotatable bonds is 0. The van der Waals surface area contributed by atoms with Gasteiger partial charge in [0.15, 0.2) is 12.2 Å². The number of hydrogen-bond acceptors (Lipinski definition) is 5. The summed E-state index contributed by atoms with van der Waals surface area (Å²) in [5.74, 6) is 0. The highest BCUT2D eigenvalue weighted by molar-refractivity contribution is 5.63. The van der Waals surface area contributed by atoms with Gasteiger partial charge in [-0.05, 0) is 18.6 Å². The first-order chi connectivity index (χ1) is 6.09. The molecule has 0 saturated carbocycles. The summed E-state index contributed by atoms with van der Waals surface area (Å²) in [6.45, 7) is 1.66. The zero-order valence-corrected chi connectivity index (χ0v) is 7.01. The molecular formula is C8H10O5. The number of hydrogen-bond donors (Lipinski definition) is 2. The molecule has 72 valence electrons. The van der Waals surface area contributed by atoms with Gasteiger partial charge in [-0.3, -0.25) is 0 Å². The Morgan fingerprint density at radius 2 is 2.08 bits per heavy atom. The summed E-state index contributed by atoms with van der Waals surface area (Å²) in [7, 11) is 0. The van der Waals surface area contributed by atoms with Crippen LogP contribution in [0.1, 0.15) is 6.92 Å². The Morgan fingerprint density at radius 3 is 2.77 bits per heavy atom. The lowest BCUT2D eigenvalue weighted by atomic mass is 9.91. The highest BCUT2D eigenvalue weighted by Gasteiger charge is 2.46. The molecule has 0 spiro atoms. The fourth-order valence-electron chi connectivity index (χ4n) is 1.58. The lowest BCUT2D eigenvalue weighted by molar-refractivity contribution is -0.0492. The van der Waals surface area contributed by atoms with Crippen LogP contribution in [0.4, 0.5) is 4.79 Å². The Bertz CT molecular complexity index is 272. The minimum absolute atomic E-state index is 0.564. The minimum atomic E-state index is -1.10. The standard InChI is InChI=1S/C8H10O5/c1-3-2-4-7(6(10)5(3)9)13-8(11)12-4/h2,4-7,9-10H,1H3/t4-,5+,6-,7-/m0/s1. The summed E-state index contributed by atoms with van der Waals surface area (Å²) >= 11 is 0. The van der Waals surface area contributed by atoms with Gasteiger partial charge in [-0.25, -0.2) is 4.79 Å². The van der Waals surface area contributed by atoms with Crippen molar-refractivity contribution in [3.63, 3.8) is 0 Å². The number of carbonyl (C=O) groups is 1. The zero-order chi connectivity index (χ0) is 9.59. The van der Waals surface area contributed by atoms with Crippen molar-refractivity contribution in [1.82, 2.24) is 0 Å².